The van der Waals surface area contributed by atoms with Crippen molar-refractivity contribution < 1.29 is 9.18 Å². The Morgan fingerprint density at radius 2 is 1.78 bits per heavy atom. The Balaban J connectivity index is 1.44. The van der Waals surface area contributed by atoms with Gasteiger partial charge < -0.3 is 10.2 Å². The number of carbonyl (C=O) groups excluding carboxylic acids is 1. The molecule has 3 nitrogen and oxygen atoms in total. The first-order chi connectivity index (χ1) is 13.1. The minimum Gasteiger partial charge on any atom is -0.351 e. The molecule has 0 aliphatic carbocycles. The topological polar surface area (TPSA) is 32.3 Å². The largest absolute Gasteiger partial charge is 0.351 e. The number of amides is 1. The lowest BCUT2D eigenvalue weighted by Crippen LogP contribution is -2.27. The minimum absolute atomic E-state index is 0.103. The van der Waals surface area contributed by atoms with Crippen molar-refractivity contribution in [2.75, 3.05) is 20.1 Å². The summed E-state index contributed by atoms with van der Waals surface area (Å²) in [5.74, 6) is -0.374. The molecule has 0 saturated carbocycles. The smallest absolute Gasteiger partial charge is 0.261 e. The lowest BCUT2D eigenvalue weighted by atomic mass is 10.2. The Hall–Kier alpha value is -2.50. The summed E-state index contributed by atoms with van der Waals surface area (Å²) in [4.78, 5) is 15.9. The number of hydrogen-bond acceptors (Lipinski definition) is 3. The van der Waals surface area contributed by atoms with Crippen molar-refractivity contribution in [3.05, 3.63) is 83.0 Å². The summed E-state index contributed by atoms with van der Waals surface area (Å²) >= 11 is 1.31. The van der Waals surface area contributed by atoms with Crippen molar-refractivity contribution in [3.8, 4) is 10.4 Å². The quantitative estimate of drug-likeness (QED) is 0.567. The fourth-order valence-electron chi connectivity index (χ4n) is 2.88. The highest BCUT2D eigenvalue weighted by atomic mass is 32.1. The second-order valence-corrected chi connectivity index (χ2v) is 7.56. The van der Waals surface area contributed by atoms with Gasteiger partial charge in [-0.25, -0.2) is 4.39 Å². The summed E-state index contributed by atoms with van der Waals surface area (Å²) < 4.78 is 13.9. The monoisotopic (exact) mass is 382 g/mol. The lowest BCUT2D eigenvalue weighted by Gasteiger charge is -2.16. The van der Waals surface area contributed by atoms with Crippen LogP contribution >= 0.6 is 11.3 Å². The minimum atomic E-state index is -0.271. The molecule has 0 saturated heterocycles. The Bertz CT molecular complexity index is 879. The molecular weight excluding hydrogens is 359 g/mol. The number of rotatable bonds is 8. The van der Waals surface area contributed by atoms with Gasteiger partial charge in [0.05, 0.1) is 4.88 Å². The number of carbonyl (C=O) groups is 1. The zero-order valence-electron chi connectivity index (χ0n) is 15.3. The highest BCUT2D eigenvalue weighted by Crippen LogP contribution is 2.29. The Morgan fingerprint density at radius 1 is 1.04 bits per heavy atom. The molecule has 140 valence electrons. The van der Waals surface area contributed by atoms with Crippen molar-refractivity contribution in [3.63, 3.8) is 0 Å². The van der Waals surface area contributed by atoms with E-state index in [1.165, 1.54) is 23.0 Å². The Kier molecular flexibility index (Phi) is 6.74. The van der Waals surface area contributed by atoms with Gasteiger partial charge in [-0.15, -0.1) is 11.3 Å². The molecule has 2 aromatic carbocycles. The highest BCUT2D eigenvalue weighted by molar-refractivity contribution is 7.17. The number of thiophene rings is 1. The summed E-state index contributed by atoms with van der Waals surface area (Å²) in [5, 5.41) is 2.95. The first-order valence-electron chi connectivity index (χ1n) is 8.99. The number of hydrogen-bond donors (Lipinski definition) is 1. The van der Waals surface area contributed by atoms with E-state index in [-0.39, 0.29) is 11.7 Å². The molecule has 0 spiro atoms. The molecule has 1 amide bonds. The van der Waals surface area contributed by atoms with Gasteiger partial charge in [-0.05, 0) is 43.8 Å². The van der Waals surface area contributed by atoms with Gasteiger partial charge in [0.1, 0.15) is 5.82 Å². The Morgan fingerprint density at radius 3 is 2.56 bits per heavy atom. The van der Waals surface area contributed by atoms with Gasteiger partial charge in [0.2, 0.25) is 0 Å². The summed E-state index contributed by atoms with van der Waals surface area (Å²) in [6.07, 6.45) is 0.876. The van der Waals surface area contributed by atoms with Gasteiger partial charge in [0.25, 0.3) is 5.91 Å². The fourth-order valence-corrected chi connectivity index (χ4v) is 3.83. The molecule has 1 N–H and O–H groups in total. The van der Waals surface area contributed by atoms with Crippen LogP contribution in [0.3, 0.4) is 0 Å². The number of nitrogens with zero attached hydrogens (tertiary/aromatic N) is 1. The predicted octanol–water partition coefficient (Wildman–Crippen LogP) is 4.81. The molecular formula is C22H23FN2OS. The average Bonchev–Trinajstić information content (AvgIpc) is 3.16. The van der Waals surface area contributed by atoms with Crippen LogP contribution in [0, 0.1) is 5.82 Å². The van der Waals surface area contributed by atoms with Crippen molar-refractivity contribution in [1.29, 1.82) is 0 Å². The molecule has 0 atom stereocenters. The van der Waals surface area contributed by atoms with E-state index in [4.69, 9.17) is 0 Å². The van der Waals surface area contributed by atoms with Crippen LogP contribution in [0.4, 0.5) is 4.39 Å². The van der Waals surface area contributed by atoms with Crippen LogP contribution in [0.15, 0.2) is 66.7 Å². The third-order valence-corrected chi connectivity index (χ3v) is 5.38. The third kappa shape index (κ3) is 5.49. The predicted molar refractivity (Wildman–Crippen MR) is 109 cm³/mol. The molecule has 0 fully saturated rings. The number of halogens is 1. The molecule has 1 heterocycles. The van der Waals surface area contributed by atoms with Gasteiger partial charge >= 0.3 is 0 Å². The van der Waals surface area contributed by atoms with Crippen LogP contribution in [0.1, 0.15) is 21.7 Å². The van der Waals surface area contributed by atoms with Crippen LogP contribution < -0.4 is 5.32 Å². The number of nitrogens with one attached hydrogen (secondary N) is 1. The molecule has 0 bridgehead atoms. The van der Waals surface area contributed by atoms with Crippen molar-refractivity contribution in [1.82, 2.24) is 10.2 Å². The van der Waals surface area contributed by atoms with E-state index in [0.717, 1.165) is 24.4 Å². The maximum atomic E-state index is 13.9. The summed E-state index contributed by atoms with van der Waals surface area (Å²) in [5.41, 5.74) is 1.81. The zero-order valence-corrected chi connectivity index (χ0v) is 16.1. The SMILES string of the molecule is CN(CCCNC(=O)c1ccc(-c2ccccc2F)s1)Cc1ccccc1. The zero-order chi connectivity index (χ0) is 19.1. The first-order valence-corrected chi connectivity index (χ1v) is 9.80. The normalized spacial score (nSPS) is 10.9. The molecule has 0 aliphatic rings. The lowest BCUT2D eigenvalue weighted by molar-refractivity contribution is 0.0956. The molecule has 0 aliphatic heterocycles. The summed E-state index contributed by atoms with van der Waals surface area (Å²) in [6, 6.07) is 20.5. The molecule has 1 aromatic heterocycles. The second-order valence-electron chi connectivity index (χ2n) is 6.48. The van der Waals surface area contributed by atoms with Gasteiger partial charge in [0.15, 0.2) is 0 Å². The van der Waals surface area contributed by atoms with Gasteiger partial charge in [-0.1, -0.05) is 48.5 Å². The van der Waals surface area contributed by atoms with Crippen LogP contribution in [0.2, 0.25) is 0 Å². The van der Waals surface area contributed by atoms with E-state index >= 15 is 0 Å². The van der Waals surface area contributed by atoms with E-state index in [9.17, 15) is 9.18 Å². The molecule has 27 heavy (non-hydrogen) atoms. The van der Waals surface area contributed by atoms with E-state index < -0.39 is 0 Å². The standard InChI is InChI=1S/C22H23FN2OS/c1-25(16-17-8-3-2-4-9-17)15-7-14-24-22(26)21-13-12-20(27-21)18-10-5-6-11-19(18)23/h2-6,8-13H,7,14-16H2,1H3,(H,24,26). The molecule has 3 aromatic rings. The first kappa shape index (κ1) is 19.3. The van der Waals surface area contributed by atoms with Crippen LogP contribution in [-0.4, -0.2) is 30.9 Å². The van der Waals surface area contributed by atoms with Gasteiger partial charge in [-0.3, -0.25) is 4.79 Å². The van der Waals surface area contributed by atoms with E-state index in [1.807, 2.05) is 18.2 Å². The van der Waals surface area contributed by atoms with Crippen LogP contribution in [0.5, 0.6) is 0 Å². The molecule has 3 rings (SSSR count). The van der Waals surface area contributed by atoms with Gasteiger partial charge in [-0.2, -0.15) is 0 Å². The third-order valence-electron chi connectivity index (χ3n) is 4.27. The van der Waals surface area contributed by atoms with E-state index in [2.05, 4.69) is 29.4 Å². The van der Waals surface area contributed by atoms with Crippen LogP contribution in [0.25, 0.3) is 10.4 Å². The molecule has 5 heteroatoms. The van der Waals surface area contributed by atoms with Crippen LogP contribution in [-0.2, 0) is 6.54 Å². The van der Waals surface area contributed by atoms with Crippen molar-refractivity contribution >= 4 is 17.2 Å². The van der Waals surface area contributed by atoms with E-state index in [1.54, 1.807) is 30.3 Å². The summed E-state index contributed by atoms with van der Waals surface area (Å²) in [7, 11) is 2.08. The second kappa shape index (κ2) is 9.44. The van der Waals surface area contributed by atoms with Crippen molar-refractivity contribution in [2.45, 2.75) is 13.0 Å². The highest BCUT2D eigenvalue weighted by Gasteiger charge is 2.12. The van der Waals surface area contributed by atoms with E-state index in [0.29, 0.717) is 17.0 Å². The Labute approximate surface area is 163 Å². The number of benzene rings is 2. The summed E-state index contributed by atoms with van der Waals surface area (Å²) in [6.45, 7) is 2.41. The molecule has 0 unspecified atom stereocenters. The average molecular weight is 383 g/mol. The fraction of sp³-hybridized carbons (Fsp3) is 0.227. The maximum Gasteiger partial charge on any atom is 0.261 e. The maximum absolute atomic E-state index is 13.9. The molecule has 0 radical (unpaired) electrons. The van der Waals surface area contributed by atoms with Crippen molar-refractivity contribution in [2.24, 2.45) is 0 Å². The van der Waals surface area contributed by atoms with Gasteiger partial charge in [0, 0.05) is 23.5 Å².